The SMILES string of the molecule is CPC(C)(CC(C)C)C(=O)OC(C)(C)C1CCCCC1. The Balaban J connectivity index is 2.70. The van der Waals surface area contributed by atoms with Crippen molar-refractivity contribution in [1.29, 1.82) is 0 Å². The van der Waals surface area contributed by atoms with Gasteiger partial charge in [-0.25, -0.2) is 0 Å². The Morgan fingerprint density at radius 3 is 2.20 bits per heavy atom. The van der Waals surface area contributed by atoms with E-state index in [1.807, 2.05) is 0 Å². The fraction of sp³-hybridized carbons (Fsp3) is 0.941. The Morgan fingerprint density at radius 2 is 1.75 bits per heavy atom. The van der Waals surface area contributed by atoms with Crippen molar-refractivity contribution in [3.63, 3.8) is 0 Å². The number of hydrogen-bond donors (Lipinski definition) is 0. The van der Waals surface area contributed by atoms with E-state index in [4.69, 9.17) is 4.74 Å². The van der Waals surface area contributed by atoms with Gasteiger partial charge in [0.25, 0.3) is 0 Å². The van der Waals surface area contributed by atoms with Gasteiger partial charge in [0, 0.05) is 0 Å². The van der Waals surface area contributed by atoms with Crippen LogP contribution in [0.2, 0.25) is 0 Å². The highest BCUT2D eigenvalue weighted by Gasteiger charge is 2.40. The number of carbonyl (C=O) groups is 1. The van der Waals surface area contributed by atoms with Crippen LogP contribution in [0.1, 0.15) is 73.1 Å². The van der Waals surface area contributed by atoms with Gasteiger partial charge in [-0.05, 0) is 58.5 Å². The summed E-state index contributed by atoms with van der Waals surface area (Å²) in [6.07, 6.45) is 7.23. The van der Waals surface area contributed by atoms with Gasteiger partial charge in [0.05, 0.1) is 5.16 Å². The number of hydrogen-bond acceptors (Lipinski definition) is 2. The molecule has 0 aromatic heterocycles. The fourth-order valence-electron chi connectivity index (χ4n) is 3.34. The van der Waals surface area contributed by atoms with Crippen LogP contribution in [0.3, 0.4) is 0 Å². The topological polar surface area (TPSA) is 26.3 Å². The third-order valence-electron chi connectivity index (χ3n) is 4.76. The summed E-state index contributed by atoms with van der Waals surface area (Å²) in [6, 6.07) is 0. The minimum atomic E-state index is -0.310. The first-order chi connectivity index (χ1) is 9.21. The van der Waals surface area contributed by atoms with E-state index in [-0.39, 0.29) is 16.7 Å². The molecule has 0 aromatic carbocycles. The van der Waals surface area contributed by atoms with E-state index in [1.165, 1.54) is 32.1 Å². The van der Waals surface area contributed by atoms with Crippen LogP contribution in [0.4, 0.5) is 0 Å². The normalized spacial score (nSPS) is 21.4. The highest BCUT2D eigenvalue weighted by atomic mass is 31.1. The Bertz CT molecular complexity index is 319. The summed E-state index contributed by atoms with van der Waals surface area (Å²) in [5.41, 5.74) is -0.310. The predicted molar refractivity (Wildman–Crippen MR) is 88.8 cm³/mol. The molecule has 1 aliphatic carbocycles. The Labute approximate surface area is 127 Å². The van der Waals surface area contributed by atoms with E-state index in [1.54, 1.807) is 0 Å². The summed E-state index contributed by atoms with van der Waals surface area (Å²) in [5.74, 6) is 1.07. The predicted octanol–water partition coefficient (Wildman–Crippen LogP) is 5.00. The average Bonchev–Trinajstić information content (AvgIpc) is 2.38. The van der Waals surface area contributed by atoms with Crippen molar-refractivity contribution in [3.8, 4) is 0 Å². The summed E-state index contributed by atoms with van der Waals surface area (Å²) in [6.45, 7) is 12.8. The van der Waals surface area contributed by atoms with Gasteiger partial charge >= 0.3 is 5.97 Å². The second kappa shape index (κ2) is 7.25. The lowest BCUT2D eigenvalue weighted by Crippen LogP contribution is -2.44. The molecular formula is C17H33O2P. The first-order valence-corrected chi connectivity index (χ1v) is 9.63. The quantitative estimate of drug-likeness (QED) is 0.509. The third kappa shape index (κ3) is 4.72. The zero-order chi connectivity index (χ0) is 15.4. The van der Waals surface area contributed by atoms with Crippen molar-refractivity contribution in [3.05, 3.63) is 0 Å². The Morgan fingerprint density at radius 1 is 1.20 bits per heavy atom. The average molecular weight is 300 g/mol. The maximum absolute atomic E-state index is 12.7. The van der Waals surface area contributed by atoms with Crippen molar-refractivity contribution >= 4 is 14.6 Å². The lowest BCUT2D eigenvalue weighted by Gasteiger charge is -2.39. The molecule has 1 aliphatic rings. The van der Waals surface area contributed by atoms with Crippen LogP contribution in [0.25, 0.3) is 0 Å². The summed E-state index contributed by atoms with van der Waals surface area (Å²) in [7, 11) is 0.595. The van der Waals surface area contributed by atoms with E-state index in [9.17, 15) is 4.79 Å². The van der Waals surface area contributed by atoms with Crippen LogP contribution in [0.15, 0.2) is 0 Å². The molecule has 118 valence electrons. The van der Waals surface area contributed by atoms with Gasteiger partial charge < -0.3 is 4.74 Å². The molecule has 0 spiro atoms. The summed E-state index contributed by atoms with van der Waals surface area (Å²) in [5, 5.41) is -0.305. The number of ether oxygens (including phenoxy) is 1. The number of esters is 1. The van der Waals surface area contributed by atoms with E-state index in [0.29, 0.717) is 20.4 Å². The second-order valence-electron chi connectivity index (χ2n) is 7.51. The molecule has 1 fully saturated rings. The number of carbonyl (C=O) groups excluding carboxylic acids is 1. The molecule has 1 rings (SSSR count). The molecule has 1 saturated carbocycles. The molecule has 0 aliphatic heterocycles. The smallest absolute Gasteiger partial charge is 0.316 e. The van der Waals surface area contributed by atoms with Gasteiger partial charge in [-0.1, -0.05) is 33.1 Å². The van der Waals surface area contributed by atoms with E-state index in [2.05, 4.69) is 41.3 Å². The zero-order valence-electron chi connectivity index (χ0n) is 14.2. The summed E-state index contributed by atoms with van der Waals surface area (Å²) >= 11 is 0. The van der Waals surface area contributed by atoms with Crippen molar-refractivity contribution in [2.45, 2.75) is 83.9 Å². The van der Waals surface area contributed by atoms with Crippen LogP contribution in [0, 0.1) is 11.8 Å². The highest BCUT2D eigenvalue weighted by Crippen LogP contribution is 2.40. The molecule has 0 aromatic rings. The molecule has 2 atom stereocenters. The highest BCUT2D eigenvalue weighted by molar-refractivity contribution is 7.40. The Kier molecular flexibility index (Phi) is 6.51. The van der Waals surface area contributed by atoms with E-state index >= 15 is 0 Å². The van der Waals surface area contributed by atoms with Crippen LogP contribution in [0.5, 0.6) is 0 Å². The lowest BCUT2D eigenvalue weighted by atomic mass is 9.78. The fourth-order valence-corrected chi connectivity index (χ4v) is 4.20. The standard InChI is InChI=1S/C17H33O2P/c1-13(2)12-17(5,20-6)15(18)19-16(3,4)14-10-8-7-9-11-14/h13-14,20H,7-12H2,1-6H3. The maximum atomic E-state index is 12.7. The molecule has 0 N–H and O–H groups in total. The van der Waals surface area contributed by atoms with E-state index in [0.717, 1.165) is 6.42 Å². The summed E-state index contributed by atoms with van der Waals surface area (Å²) < 4.78 is 6.00. The van der Waals surface area contributed by atoms with Crippen molar-refractivity contribution in [1.82, 2.24) is 0 Å². The maximum Gasteiger partial charge on any atom is 0.316 e. The molecule has 0 amide bonds. The monoisotopic (exact) mass is 300 g/mol. The Hall–Kier alpha value is -0.100. The summed E-state index contributed by atoms with van der Waals surface area (Å²) in [4.78, 5) is 12.7. The molecule has 2 nitrogen and oxygen atoms in total. The van der Waals surface area contributed by atoms with Gasteiger partial charge in [0.1, 0.15) is 5.60 Å². The van der Waals surface area contributed by atoms with Gasteiger partial charge in [0.15, 0.2) is 0 Å². The van der Waals surface area contributed by atoms with Gasteiger partial charge in [-0.2, -0.15) is 0 Å². The van der Waals surface area contributed by atoms with Crippen LogP contribution in [-0.4, -0.2) is 23.4 Å². The minimum absolute atomic E-state index is 0.0163. The van der Waals surface area contributed by atoms with Gasteiger partial charge in [-0.15, -0.1) is 8.58 Å². The van der Waals surface area contributed by atoms with Crippen molar-refractivity contribution < 1.29 is 9.53 Å². The van der Waals surface area contributed by atoms with E-state index < -0.39 is 0 Å². The van der Waals surface area contributed by atoms with Gasteiger partial charge in [0.2, 0.25) is 0 Å². The third-order valence-corrected chi connectivity index (χ3v) is 6.27. The largest absolute Gasteiger partial charge is 0.459 e. The molecule has 0 radical (unpaired) electrons. The van der Waals surface area contributed by atoms with Crippen LogP contribution in [-0.2, 0) is 9.53 Å². The van der Waals surface area contributed by atoms with Crippen LogP contribution < -0.4 is 0 Å². The first kappa shape index (κ1) is 18.0. The molecule has 2 unspecified atom stereocenters. The molecule has 3 heteroatoms. The van der Waals surface area contributed by atoms with Crippen molar-refractivity contribution in [2.75, 3.05) is 6.66 Å². The zero-order valence-corrected chi connectivity index (χ0v) is 15.2. The number of rotatable bonds is 6. The van der Waals surface area contributed by atoms with Crippen LogP contribution >= 0.6 is 8.58 Å². The van der Waals surface area contributed by atoms with Crippen molar-refractivity contribution in [2.24, 2.45) is 11.8 Å². The minimum Gasteiger partial charge on any atom is -0.459 e. The van der Waals surface area contributed by atoms with Gasteiger partial charge in [-0.3, -0.25) is 4.79 Å². The lowest BCUT2D eigenvalue weighted by molar-refractivity contribution is -0.166. The molecular weight excluding hydrogens is 267 g/mol. The molecule has 0 heterocycles. The molecule has 20 heavy (non-hydrogen) atoms. The molecule has 0 saturated heterocycles. The molecule has 0 bridgehead atoms. The first-order valence-electron chi connectivity index (χ1n) is 8.13. The second-order valence-corrected chi connectivity index (χ2v) is 9.11.